The average molecular weight is 435 g/mol. The van der Waals surface area contributed by atoms with Gasteiger partial charge in [-0.15, -0.1) is 5.10 Å². The molecule has 1 N–H and O–H groups in total. The first-order valence-corrected chi connectivity index (χ1v) is 12.2. The Morgan fingerprint density at radius 3 is 2.59 bits per heavy atom. The molecule has 0 spiro atoms. The summed E-state index contributed by atoms with van der Waals surface area (Å²) < 4.78 is 2.03. The lowest BCUT2D eigenvalue weighted by Gasteiger charge is -2.37. The zero-order valence-electron chi connectivity index (χ0n) is 19.5. The molecular weight excluding hydrogens is 400 g/mol. The number of aromatic amines is 1. The summed E-state index contributed by atoms with van der Waals surface area (Å²) >= 11 is 0. The van der Waals surface area contributed by atoms with E-state index in [2.05, 4.69) is 64.4 Å². The van der Waals surface area contributed by atoms with Crippen LogP contribution in [0.25, 0.3) is 10.9 Å². The van der Waals surface area contributed by atoms with E-state index in [9.17, 15) is 4.79 Å². The van der Waals surface area contributed by atoms with Gasteiger partial charge in [0.15, 0.2) is 5.82 Å². The highest BCUT2D eigenvalue weighted by Gasteiger charge is 2.34. The Bertz CT molecular complexity index is 1160. The van der Waals surface area contributed by atoms with Crippen LogP contribution in [0.15, 0.2) is 23.0 Å². The lowest BCUT2D eigenvalue weighted by atomic mass is 9.93. The van der Waals surface area contributed by atoms with Crippen LogP contribution in [0.5, 0.6) is 0 Å². The van der Waals surface area contributed by atoms with E-state index >= 15 is 0 Å². The van der Waals surface area contributed by atoms with Crippen LogP contribution in [0, 0.1) is 19.8 Å². The monoisotopic (exact) mass is 434 g/mol. The molecule has 7 heteroatoms. The van der Waals surface area contributed by atoms with E-state index in [-0.39, 0.29) is 11.6 Å². The van der Waals surface area contributed by atoms with E-state index in [1.54, 1.807) is 0 Å². The molecule has 170 valence electrons. The molecule has 0 radical (unpaired) electrons. The number of nitrogens with zero attached hydrogens (tertiary/aromatic N) is 5. The third kappa shape index (κ3) is 3.98. The van der Waals surface area contributed by atoms with Gasteiger partial charge in [-0.05, 0) is 97.1 Å². The van der Waals surface area contributed by atoms with Gasteiger partial charge in [0, 0.05) is 17.6 Å². The minimum atomic E-state index is -0.232. The van der Waals surface area contributed by atoms with Crippen LogP contribution in [-0.2, 0) is 0 Å². The molecule has 32 heavy (non-hydrogen) atoms. The van der Waals surface area contributed by atoms with Crippen molar-refractivity contribution in [3.63, 3.8) is 0 Å². The normalized spacial score (nSPS) is 21.8. The van der Waals surface area contributed by atoms with Gasteiger partial charge in [-0.2, -0.15) is 0 Å². The first kappa shape index (κ1) is 21.3. The molecule has 2 atom stereocenters. The molecule has 3 aromatic rings. The highest BCUT2D eigenvalue weighted by molar-refractivity contribution is 5.81. The van der Waals surface area contributed by atoms with E-state index < -0.39 is 0 Å². The van der Waals surface area contributed by atoms with Crippen molar-refractivity contribution >= 4 is 10.9 Å². The van der Waals surface area contributed by atoms with Gasteiger partial charge in [-0.3, -0.25) is 9.69 Å². The maximum Gasteiger partial charge on any atom is 0.253 e. The fourth-order valence-electron chi connectivity index (χ4n) is 5.62. The summed E-state index contributed by atoms with van der Waals surface area (Å²) in [5.41, 5.74) is 4.01. The predicted molar refractivity (Wildman–Crippen MR) is 126 cm³/mol. The number of piperidine rings is 1. The number of rotatable bonds is 4. The first-order valence-electron chi connectivity index (χ1n) is 12.2. The van der Waals surface area contributed by atoms with Gasteiger partial charge in [0.1, 0.15) is 6.04 Å². The Balaban J connectivity index is 1.65. The minimum Gasteiger partial charge on any atom is -0.322 e. The Kier molecular flexibility index (Phi) is 5.84. The van der Waals surface area contributed by atoms with Gasteiger partial charge in [0.25, 0.3) is 5.56 Å². The number of aryl methyl sites for hydroxylation is 2. The third-order valence-corrected chi connectivity index (χ3v) is 7.52. The average Bonchev–Trinajstić information content (AvgIpc) is 3.26. The molecule has 5 rings (SSSR count). The van der Waals surface area contributed by atoms with Crippen LogP contribution in [0.4, 0.5) is 0 Å². The number of hydrogen-bond acceptors (Lipinski definition) is 5. The zero-order chi connectivity index (χ0) is 22.2. The fourth-order valence-corrected chi connectivity index (χ4v) is 5.62. The number of aromatic nitrogens is 5. The van der Waals surface area contributed by atoms with Crippen molar-refractivity contribution in [3.8, 4) is 0 Å². The highest BCUT2D eigenvalue weighted by Crippen LogP contribution is 2.35. The molecule has 0 amide bonds. The summed E-state index contributed by atoms with van der Waals surface area (Å²) in [7, 11) is 0. The number of tetrazole rings is 1. The Hall–Kier alpha value is -2.54. The van der Waals surface area contributed by atoms with E-state index in [1.165, 1.54) is 36.8 Å². The lowest BCUT2D eigenvalue weighted by molar-refractivity contribution is 0.138. The minimum absolute atomic E-state index is 0.0397. The SMILES string of the molecule is Cc1cc2cc(C(c3nnnn3C3CCCCC3)N3CCCC(C)C3)c(=O)[nH]c2cc1C. The molecule has 1 aliphatic carbocycles. The van der Waals surface area contributed by atoms with Gasteiger partial charge in [-0.1, -0.05) is 26.2 Å². The van der Waals surface area contributed by atoms with Crippen LogP contribution in [0.3, 0.4) is 0 Å². The second kappa shape index (κ2) is 8.77. The number of H-pyrrole nitrogens is 1. The molecule has 1 saturated carbocycles. The number of likely N-dealkylation sites (tertiary alicyclic amines) is 1. The summed E-state index contributed by atoms with van der Waals surface area (Å²) in [5.74, 6) is 1.41. The van der Waals surface area contributed by atoms with Crippen LogP contribution >= 0.6 is 0 Å². The van der Waals surface area contributed by atoms with E-state index in [0.717, 1.165) is 54.6 Å². The second-order valence-electron chi connectivity index (χ2n) is 10.00. The highest BCUT2D eigenvalue weighted by atomic mass is 16.1. The maximum atomic E-state index is 13.4. The molecule has 7 nitrogen and oxygen atoms in total. The van der Waals surface area contributed by atoms with Crippen molar-refractivity contribution in [1.29, 1.82) is 0 Å². The van der Waals surface area contributed by atoms with Crippen molar-refractivity contribution in [2.24, 2.45) is 5.92 Å². The van der Waals surface area contributed by atoms with Crippen LogP contribution in [-0.4, -0.2) is 43.2 Å². The number of benzene rings is 1. The van der Waals surface area contributed by atoms with E-state index in [0.29, 0.717) is 12.0 Å². The largest absolute Gasteiger partial charge is 0.322 e. The molecule has 1 aromatic carbocycles. The number of nitrogens with one attached hydrogen (secondary N) is 1. The Morgan fingerprint density at radius 2 is 1.81 bits per heavy atom. The fraction of sp³-hybridized carbons (Fsp3) is 0.600. The quantitative estimate of drug-likeness (QED) is 0.656. The number of pyridine rings is 1. The van der Waals surface area contributed by atoms with Crippen molar-refractivity contribution in [1.82, 2.24) is 30.1 Å². The predicted octanol–water partition coefficient (Wildman–Crippen LogP) is 4.46. The van der Waals surface area contributed by atoms with Crippen LogP contribution in [0.2, 0.25) is 0 Å². The van der Waals surface area contributed by atoms with Crippen molar-refractivity contribution in [2.75, 3.05) is 13.1 Å². The van der Waals surface area contributed by atoms with E-state index in [4.69, 9.17) is 0 Å². The summed E-state index contributed by atoms with van der Waals surface area (Å²) in [6, 6.07) is 6.40. The summed E-state index contributed by atoms with van der Waals surface area (Å²) in [6.07, 6.45) is 8.27. The maximum absolute atomic E-state index is 13.4. The van der Waals surface area contributed by atoms with Crippen molar-refractivity contribution in [3.05, 3.63) is 51.1 Å². The topological polar surface area (TPSA) is 79.7 Å². The molecule has 2 aliphatic rings. The molecule has 1 saturated heterocycles. The smallest absolute Gasteiger partial charge is 0.253 e. The molecule has 0 bridgehead atoms. The van der Waals surface area contributed by atoms with Crippen LogP contribution < -0.4 is 5.56 Å². The first-order chi connectivity index (χ1) is 15.5. The molecule has 3 heterocycles. The number of hydrogen-bond donors (Lipinski definition) is 1. The van der Waals surface area contributed by atoms with Crippen molar-refractivity contribution in [2.45, 2.75) is 77.8 Å². The Labute approximate surface area is 189 Å². The molecular formula is C25H34N6O. The molecule has 2 aromatic heterocycles. The Morgan fingerprint density at radius 1 is 1.03 bits per heavy atom. The van der Waals surface area contributed by atoms with Gasteiger partial charge in [-0.25, -0.2) is 4.68 Å². The van der Waals surface area contributed by atoms with Gasteiger partial charge in [0.2, 0.25) is 0 Å². The summed E-state index contributed by atoms with van der Waals surface area (Å²) in [5, 5.41) is 14.1. The molecule has 2 unspecified atom stereocenters. The van der Waals surface area contributed by atoms with Crippen molar-refractivity contribution < 1.29 is 0 Å². The summed E-state index contributed by atoms with van der Waals surface area (Å²) in [4.78, 5) is 19.0. The van der Waals surface area contributed by atoms with Gasteiger partial charge in [0.05, 0.1) is 6.04 Å². The summed E-state index contributed by atoms with van der Waals surface area (Å²) in [6.45, 7) is 8.40. The lowest BCUT2D eigenvalue weighted by Crippen LogP contribution is -2.41. The van der Waals surface area contributed by atoms with Crippen LogP contribution in [0.1, 0.15) is 86.5 Å². The standard InChI is InChI=1S/C25H34N6O/c1-16-8-7-11-30(15-16)23(24-27-28-29-31(24)20-9-5-4-6-10-20)21-14-19-12-17(2)18(3)13-22(19)26-25(21)32/h12-14,16,20,23H,4-11,15H2,1-3H3,(H,26,32). The zero-order valence-corrected chi connectivity index (χ0v) is 19.5. The number of fused-ring (bicyclic) bond motifs is 1. The van der Waals surface area contributed by atoms with E-state index in [1.807, 2.05) is 4.68 Å². The molecule has 2 fully saturated rings. The molecule has 1 aliphatic heterocycles. The third-order valence-electron chi connectivity index (χ3n) is 7.52. The van der Waals surface area contributed by atoms with Gasteiger partial charge >= 0.3 is 0 Å². The van der Waals surface area contributed by atoms with Gasteiger partial charge < -0.3 is 4.98 Å². The second-order valence-corrected chi connectivity index (χ2v) is 10.00.